The fourth-order valence-corrected chi connectivity index (χ4v) is 5.68. The van der Waals surface area contributed by atoms with E-state index in [2.05, 4.69) is 21.4 Å². The van der Waals surface area contributed by atoms with Crippen molar-refractivity contribution in [2.75, 3.05) is 19.8 Å². The van der Waals surface area contributed by atoms with Crippen LogP contribution in [0, 0.1) is 0 Å². The van der Waals surface area contributed by atoms with Gasteiger partial charge in [-0.15, -0.1) is 0 Å². The van der Waals surface area contributed by atoms with Crippen molar-refractivity contribution in [1.29, 1.82) is 0 Å². The molecule has 6 rings (SSSR count). The lowest BCUT2D eigenvalue weighted by Gasteiger charge is -2.13. The Kier molecular flexibility index (Phi) is 19.3. The normalized spacial score (nSPS) is 11.9. The first-order chi connectivity index (χ1) is 27.7. The molecule has 4 aromatic carbocycles. The van der Waals surface area contributed by atoms with Crippen LogP contribution in [0.5, 0.6) is 0 Å². The second-order valence-electron chi connectivity index (χ2n) is 11.8. The Bertz CT molecular complexity index is 2270. The van der Waals surface area contributed by atoms with Crippen LogP contribution < -0.4 is 22.7 Å². The van der Waals surface area contributed by atoms with Crippen LogP contribution in [0.1, 0.15) is 22.3 Å². The van der Waals surface area contributed by atoms with Crippen LogP contribution in [0.4, 0.5) is 32.0 Å². The Hall–Kier alpha value is -5.20. The summed E-state index contributed by atoms with van der Waals surface area (Å²) in [6.07, 6.45) is -1.65. The number of aromatic nitrogens is 4. The van der Waals surface area contributed by atoms with Gasteiger partial charge in [-0.1, -0.05) is 42.5 Å². The molecule has 0 saturated carbocycles. The zero-order chi connectivity index (χ0) is 44.7. The van der Waals surface area contributed by atoms with Crippen LogP contribution >= 0.6 is 0 Å². The maximum atomic E-state index is 12.7. The van der Waals surface area contributed by atoms with E-state index < -0.39 is 52.8 Å². The smallest absolute Gasteiger partial charge is 0.488 e. The molecule has 59 heavy (non-hydrogen) atoms. The van der Waals surface area contributed by atoms with E-state index in [0.717, 1.165) is 42.0 Å². The van der Waals surface area contributed by atoms with Crippen molar-refractivity contribution < 1.29 is 53.9 Å². The Morgan fingerprint density at radius 1 is 0.661 bits per heavy atom. The first-order valence-electron chi connectivity index (χ1n) is 16.8. The Labute approximate surface area is 341 Å². The fourth-order valence-electron chi connectivity index (χ4n) is 4.89. The van der Waals surface area contributed by atoms with Gasteiger partial charge in [0.1, 0.15) is 0 Å². The Morgan fingerprint density at radius 2 is 1.07 bits per heavy atom. The van der Waals surface area contributed by atoms with Crippen molar-refractivity contribution >= 4 is 40.4 Å². The van der Waals surface area contributed by atoms with Gasteiger partial charge in [-0.05, 0) is 102 Å². The average molecular weight is 868 g/mol. The minimum Gasteiger partial charge on any atom is -0.768 e. The van der Waals surface area contributed by atoms with E-state index in [9.17, 15) is 43.9 Å². The van der Waals surface area contributed by atoms with Crippen LogP contribution in [0.3, 0.4) is 0 Å². The number of nitrogens with two attached hydrogens (primary N) is 3. The first kappa shape index (κ1) is 49.9. The fraction of sp³-hybridized carbons (Fsp3) is 0.189. The Balaban J connectivity index is 0.000000312. The maximum Gasteiger partial charge on any atom is 0.488 e. The number of hydrogen-bond donors (Lipinski definition) is 5. The lowest BCUT2D eigenvalue weighted by atomic mass is 9.80. The highest BCUT2D eigenvalue weighted by Crippen LogP contribution is 2.32. The second-order valence-corrected chi connectivity index (χ2v) is 13.6. The summed E-state index contributed by atoms with van der Waals surface area (Å²) in [5, 5.41) is 17.2. The van der Waals surface area contributed by atoms with E-state index in [0.29, 0.717) is 40.2 Å². The number of nitrogen functional groups attached to an aromatic ring is 1. The average Bonchev–Trinajstić information content (AvgIpc) is 3.84. The summed E-state index contributed by atoms with van der Waals surface area (Å²) in [7, 11) is 4.89. The summed E-state index contributed by atoms with van der Waals surface area (Å²) in [5.74, 6) is 0. The molecule has 2 unspecified atom stereocenters. The minimum atomic E-state index is -4.39. The summed E-state index contributed by atoms with van der Waals surface area (Å²) in [5.41, 5.74) is 17.8. The summed E-state index contributed by atoms with van der Waals surface area (Å²) >= 11 is -4.64. The summed E-state index contributed by atoms with van der Waals surface area (Å²) in [4.78, 5) is 8.71. The minimum absolute atomic E-state index is 0.0352. The number of halogens is 6. The molecule has 13 nitrogen and oxygen atoms in total. The number of benzene rings is 4. The first-order valence-corrected chi connectivity index (χ1v) is 18.9. The molecule has 0 spiro atoms. The molecule has 0 bridgehead atoms. The van der Waals surface area contributed by atoms with Crippen molar-refractivity contribution in [3.05, 3.63) is 132 Å². The van der Waals surface area contributed by atoms with Crippen molar-refractivity contribution in [3.8, 4) is 22.5 Å². The molecule has 2 heterocycles. The van der Waals surface area contributed by atoms with Crippen molar-refractivity contribution in [2.45, 2.75) is 28.6 Å². The Morgan fingerprint density at radius 3 is 1.46 bits per heavy atom. The van der Waals surface area contributed by atoms with Gasteiger partial charge in [0.2, 0.25) is 0 Å². The molecule has 0 aliphatic heterocycles. The number of hydrogen-bond acceptors (Lipinski definition) is 11. The molecule has 0 aliphatic carbocycles. The number of aryl methyl sites for hydroxylation is 2. The second kappa shape index (κ2) is 22.8. The van der Waals surface area contributed by atoms with E-state index in [4.69, 9.17) is 15.8 Å². The van der Waals surface area contributed by atoms with Crippen LogP contribution in [0.25, 0.3) is 22.5 Å². The molecular weight excluding hydrogens is 827 g/mol. The standard InChI is InChI=1S/C18H15F3N2O2S.C10H11N3O2S.C7H6BF3O2.2CH5N/c1-23-10-17(22-11-23)16-9-15(26(24)25)7-4-13(16)8-12-2-5-14(6-3-12)18(19,20)21;1-13-5-10(12-6-13)8-4-7(16(14)15)2-3-9(8)11;9-7(10,11)5-1-3-6(4-2-5)8(12)13;2*1-2/h2-7,9-11H,8H2,1H3,(H,24,25);2-6H,11H2,1H3,(H,14,15);1-4,12-13H;2*2H2,1H3/p-2. The van der Waals surface area contributed by atoms with Crippen LogP contribution in [-0.4, -0.2) is 67.9 Å². The summed E-state index contributed by atoms with van der Waals surface area (Å²) in [6.45, 7) is 0. The van der Waals surface area contributed by atoms with Gasteiger partial charge in [-0.3, -0.25) is 8.42 Å². The topological polar surface area (TPSA) is 234 Å². The van der Waals surface area contributed by atoms with Gasteiger partial charge in [-0.2, -0.15) is 26.3 Å². The monoisotopic (exact) mass is 867 g/mol. The third-order valence-corrected chi connectivity index (χ3v) is 8.94. The van der Waals surface area contributed by atoms with E-state index in [-0.39, 0.29) is 15.3 Å². The van der Waals surface area contributed by atoms with Crippen molar-refractivity contribution in [1.82, 2.24) is 19.1 Å². The van der Waals surface area contributed by atoms with Crippen LogP contribution in [-0.2, 0) is 55.0 Å². The number of alkyl halides is 6. The highest BCUT2D eigenvalue weighted by Gasteiger charge is 2.31. The van der Waals surface area contributed by atoms with E-state index >= 15 is 0 Å². The van der Waals surface area contributed by atoms with Gasteiger partial charge >= 0.3 is 19.5 Å². The zero-order valence-corrected chi connectivity index (χ0v) is 33.4. The van der Waals surface area contributed by atoms with Crippen LogP contribution in [0.15, 0.2) is 120 Å². The predicted molar refractivity (Wildman–Crippen MR) is 212 cm³/mol. The van der Waals surface area contributed by atoms with Gasteiger partial charge in [0.25, 0.3) is 0 Å². The number of anilines is 1. The third kappa shape index (κ3) is 15.2. The maximum absolute atomic E-state index is 12.7. The molecule has 0 radical (unpaired) electrons. The molecule has 2 atom stereocenters. The number of rotatable bonds is 7. The van der Waals surface area contributed by atoms with E-state index in [1.807, 2.05) is 7.05 Å². The highest BCUT2D eigenvalue weighted by atomic mass is 32.2. The van der Waals surface area contributed by atoms with Gasteiger partial charge in [0, 0.05) is 53.1 Å². The zero-order valence-electron chi connectivity index (χ0n) is 31.8. The molecule has 318 valence electrons. The number of nitrogens with zero attached hydrogens (tertiary/aromatic N) is 4. The molecule has 8 N–H and O–H groups in total. The molecule has 0 amide bonds. The molecule has 2 aromatic heterocycles. The summed E-state index contributed by atoms with van der Waals surface area (Å²) in [6, 6.07) is 17.8. The highest BCUT2D eigenvalue weighted by molar-refractivity contribution is 7.79. The van der Waals surface area contributed by atoms with Gasteiger partial charge < -0.3 is 45.5 Å². The van der Waals surface area contributed by atoms with Gasteiger partial charge in [0.05, 0.1) is 35.2 Å². The largest absolute Gasteiger partial charge is 0.768 e. The number of imidazole rings is 2. The van der Waals surface area contributed by atoms with Crippen molar-refractivity contribution in [3.63, 3.8) is 0 Å². The van der Waals surface area contributed by atoms with Gasteiger partial charge in [0.15, 0.2) is 0 Å². The van der Waals surface area contributed by atoms with Crippen molar-refractivity contribution in [2.24, 2.45) is 25.6 Å². The molecule has 22 heteroatoms. The molecular formula is C37H40BF6N7O6S2-2. The SMILES string of the molecule is CN.CN.Cn1cnc(-c2cc(S(=O)[O-])ccc2Cc2ccc(C(F)(F)F)cc2)c1.Cn1cnc(-c2cc(S(=O)[O-])ccc2N)c1.OB(O)c1ccc(C(F)(F)F)cc1. The molecule has 6 aromatic rings. The van der Waals surface area contributed by atoms with E-state index in [1.54, 1.807) is 53.4 Å². The molecule has 0 saturated heterocycles. The predicted octanol–water partition coefficient (Wildman–Crippen LogP) is 4.38. The summed E-state index contributed by atoms with van der Waals surface area (Å²) < 4.78 is 122. The van der Waals surface area contributed by atoms with Crippen LogP contribution in [0.2, 0.25) is 0 Å². The lowest BCUT2D eigenvalue weighted by Crippen LogP contribution is -2.29. The van der Waals surface area contributed by atoms with Gasteiger partial charge in [-0.25, -0.2) is 9.97 Å². The molecule has 0 aliphatic rings. The quantitative estimate of drug-likeness (QED) is 0.0654. The molecule has 0 fully saturated rings. The van der Waals surface area contributed by atoms with E-state index in [1.165, 1.54) is 50.5 Å². The lowest BCUT2D eigenvalue weighted by molar-refractivity contribution is -0.138. The third-order valence-electron chi connectivity index (χ3n) is 7.66.